The summed E-state index contributed by atoms with van der Waals surface area (Å²) in [6, 6.07) is 0. The Labute approximate surface area is 66.6 Å². The molecule has 0 bridgehead atoms. The van der Waals surface area contributed by atoms with Crippen LogP contribution < -0.4 is 0 Å². The monoisotopic (exact) mass is 158 g/mol. The molecule has 62 valence electrons. The number of aliphatic hydroxyl groups is 2. The maximum Gasteiger partial charge on any atom is 0.282 e. The molecule has 2 radical (unpaired) electrons. The Morgan fingerprint density at radius 3 is 2.45 bits per heavy atom. The molecule has 2 unspecified atom stereocenters. The summed E-state index contributed by atoms with van der Waals surface area (Å²) in [6.07, 6.45) is -2.60. The van der Waals surface area contributed by atoms with Gasteiger partial charge in [0, 0.05) is 0 Å². The molecule has 5 heteroatoms. The lowest BCUT2D eigenvalue weighted by molar-refractivity contribution is -0.00938. The lowest BCUT2D eigenvalue weighted by Gasteiger charge is -2.12. The van der Waals surface area contributed by atoms with Gasteiger partial charge in [-0.05, 0) is 6.92 Å². The number of aliphatic hydroxyl groups excluding tert-OH is 2. The molecule has 1 aliphatic rings. The van der Waals surface area contributed by atoms with Gasteiger partial charge in [0.2, 0.25) is 0 Å². The molecule has 1 fully saturated rings. The summed E-state index contributed by atoms with van der Waals surface area (Å²) in [4.78, 5) is 0. The van der Waals surface area contributed by atoms with Crippen molar-refractivity contribution in [2.24, 2.45) is 0 Å². The highest BCUT2D eigenvalue weighted by Gasteiger charge is 2.39. The first-order valence-corrected chi connectivity index (χ1v) is 3.50. The fourth-order valence-electron chi connectivity index (χ4n) is 1.17. The van der Waals surface area contributed by atoms with Crippen LogP contribution in [-0.4, -0.2) is 49.3 Å². The second-order valence-corrected chi connectivity index (χ2v) is 2.69. The molecule has 1 aliphatic heterocycles. The van der Waals surface area contributed by atoms with Crippen molar-refractivity contribution < 1.29 is 19.6 Å². The molecule has 0 aromatic carbocycles. The Hall–Kier alpha value is -0.0951. The van der Waals surface area contributed by atoms with Gasteiger partial charge in [0.15, 0.2) is 0 Å². The fraction of sp³-hybridized carbons (Fsp3) is 1.00. The maximum atomic E-state index is 9.25. The summed E-state index contributed by atoms with van der Waals surface area (Å²) in [7, 11) is 4.79. The summed E-state index contributed by atoms with van der Waals surface area (Å²) in [6.45, 7) is 1.78. The summed E-state index contributed by atoms with van der Waals surface area (Å²) in [5.41, 5.74) is 0. The largest absolute Gasteiger partial charge is 0.445 e. The van der Waals surface area contributed by atoms with E-state index in [1.807, 2.05) is 0 Å². The second kappa shape index (κ2) is 3.54. The minimum atomic E-state index is -0.895. The van der Waals surface area contributed by atoms with Gasteiger partial charge in [-0.1, -0.05) is 0 Å². The van der Waals surface area contributed by atoms with E-state index in [-0.39, 0.29) is 12.7 Å². The van der Waals surface area contributed by atoms with Crippen LogP contribution in [0.25, 0.3) is 0 Å². The van der Waals surface area contributed by atoms with Gasteiger partial charge in [0.05, 0.1) is 12.7 Å². The van der Waals surface area contributed by atoms with Crippen molar-refractivity contribution in [3.05, 3.63) is 0 Å². The van der Waals surface area contributed by atoms with Gasteiger partial charge in [0.25, 0.3) is 8.05 Å². The van der Waals surface area contributed by atoms with Crippen LogP contribution in [0, 0.1) is 0 Å². The summed E-state index contributed by atoms with van der Waals surface area (Å²) in [5, 5.41) is 18.4. The summed E-state index contributed by atoms with van der Waals surface area (Å²) in [5.74, 6) is 0. The van der Waals surface area contributed by atoms with E-state index >= 15 is 0 Å². The van der Waals surface area contributed by atoms with E-state index in [2.05, 4.69) is 4.65 Å². The van der Waals surface area contributed by atoms with Crippen LogP contribution >= 0.6 is 0 Å². The van der Waals surface area contributed by atoms with Crippen molar-refractivity contribution in [1.29, 1.82) is 0 Å². The zero-order valence-electron chi connectivity index (χ0n) is 6.30. The zero-order valence-corrected chi connectivity index (χ0v) is 6.30. The van der Waals surface area contributed by atoms with Crippen molar-refractivity contribution in [1.82, 2.24) is 0 Å². The van der Waals surface area contributed by atoms with Crippen LogP contribution in [0.5, 0.6) is 0 Å². The fourth-order valence-corrected chi connectivity index (χ4v) is 1.17. The highest BCUT2D eigenvalue weighted by atomic mass is 16.6. The molecule has 0 aromatic heterocycles. The Morgan fingerprint density at radius 2 is 2.09 bits per heavy atom. The predicted octanol–water partition coefficient (Wildman–Crippen LogP) is -1.40. The molecule has 4 nitrogen and oxygen atoms in total. The van der Waals surface area contributed by atoms with Crippen molar-refractivity contribution in [3.8, 4) is 0 Å². The SMILES string of the molecule is [B]OC[C@H]1O[C@@H](C)C(O)C1O. The number of ether oxygens (including phenoxy) is 1. The quantitative estimate of drug-likeness (QED) is 0.485. The minimum absolute atomic E-state index is 0.0998. The molecule has 1 heterocycles. The van der Waals surface area contributed by atoms with Crippen LogP contribution in [0.2, 0.25) is 0 Å². The minimum Gasteiger partial charge on any atom is -0.445 e. The van der Waals surface area contributed by atoms with Gasteiger partial charge in [-0.25, -0.2) is 0 Å². The van der Waals surface area contributed by atoms with E-state index in [4.69, 9.17) is 12.8 Å². The predicted molar refractivity (Wildman–Crippen MR) is 38.1 cm³/mol. The lowest BCUT2D eigenvalue weighted by Crippen LogP contribution is -2.33. The van der Waals surface area contributed by atoms with Crippen molar-refractivity contribution in [3.63, 3.8) is 0 Å². The van der Waals surface area contributed by atoms with Crippen LogP contribution in [0.15, 0.2) is 0 Å². The maximum absolute atomic E-state index is 9.25. The summed E-state index contributed by atoms with van der Waals surface area (Å²) >= 11 is 0. The molecule has 4 atom stereocenters. The third kappa shape index (κ3) is 1.73. The van der Waals surface area contributed by atoms with Gasteiger partial charge in [-0.2, -0.15) is 0 Å². The number of rotatable bonds is 2. The molecule has 2 N–H and O–H groups in total. The van der Waals surface area contributed by atoms with Gasteiger partial charge >= 0.3 is 0 Å². The van der Waals surface area contributed by atoms with Crippen LogP contribution in [-0.2, 0) is 9.39 Å². The Bertz CT molecular complexity index is 132. The third-order valence-corrected chi connectivity index (χ3v) is 1.86. The van der Waals surface area contributed by atoms with E-state index in [9.17, 15) is 10.2 Å². The first kappa shape index (κ1) is 9.00. The van der Waals surface area contributed by atoms with E-state index in [1.54, 1.807) is 6.92 Å². The molecule has 11 heavy (non-hydrogen) atoms. The molecule has 0 amide bonds. The van der Waals surface area contributed by atoms with Crippen LogP contribution in [0.4, 0.5) is 0 Å². The van der Waals surface area contributed by atoms with Gasteiger partial charge in [0.1, 0.15) is 18.3 Å². The first-order valence-electron chi connectivity index (χ1n) is 3.50. The molecule has 1 saturated heterocycles. The normalized spacial score (nSPS) is 44.6. The van der Waals surface area contributed by atoms with E-state index < -0.39 is 18.3 Å². The molecule has 0 saturated carbocycles. The molecular weight excluding hydrogens is 147 g/mol. The Morgan fingerprint density at radius 1 is 1.45 bits per heavy atom. The third-order valence-electron chi connectivity index (χ3n) is 1.86. The zero-order chi connectivity index (χ0) is 8.43. The van der Waals surface area contributed by atoms with Crippen molar-refractivity contribution >= 4 is 8.05 Å². The summed E-state index contributed by atoms with van der Waals surface area (Å²) < 4.78 is 9.42. The molecule has 0 aromatic rings. The molecule has 1 rings (SSSR count). The van der Waals surface area contributed by atoms with Crippen LogP contribution in [0.3, 0.4) is 0 Å². The number of hydrogen-bond acceptors (Lipinski definition) is 4. The first-order chi connectivity index (χ1) is 5.16. The van der Waals surface area contributed by atoms with Crippen molar-refractivity contribution in [2.75, 3.05) is 6.61 Å². The van der Waals surface area contributed by atoms with E-state index in [0.29, 0.717) is 0 Å². The van der Waals surface area contributed by atoms with E-state index in [1.165, 1.54) is 0 Å². The Balaban J connectivity index is 2.45. The average Bonchev–Trinajstić information content (AvgIpc) is 2.19. The van der Waals surface area contributed by atoms with Gasteiger partial charge < -0.3 is 19.6 Å². The highest BCUT2D eigenvalue weighted by Crippen LogP contribution is 2.20. The molecule has 0 spiro atoms. The Kier molecular flexibility index (Phi) is 2.89. The van der Waals surface area contributed by atoms with Gasteiger partial charge in [-0.3, -0.25) is 0 Å². The second-order valence-electron chi connectivity index (χ2n) is 2.69. The van der Waals surface area contributed by atoms with Crippen molar-refractivity contribution in [2.45, 2.75) is 31.3 Å². The molecule has 0 aliphatic carbocycles. The smallest absolute Gasteiger partial charge is 0.282 e. The lowest BCUT2D eigenvalue weighted by atomic mass is 10.1. The van der Waals surface area contributed by atoms with Crippen LogP contribution in [0.1, 0.15) is 6.92 Å². The van der Waals surface area contributed by atoms with E-state index in [0.717, 1.165) is 0 Å². The standard InChI is InChI=1S/C6H11BO4/c1-3-5(8)6(9)4(11-3)2-10-7/h3-6,8-9H,2H2,1H3/t3-,4+,5?,6?/m0/s1. The topological polar surface area (TPSA) is 58.9 Å². The molecular formula is C6H11BO4. The average molecular weight is 158 g/mol. The highest BCUT2D eigenvalue weighted by molar-refractivity contribution is 5.97. The van der Waals surface area contributed by atoms with Gasteiger partial charge in [-0.15, -0.1) is 0 Å². The number of hydrogen-bond donors (Lipinski definition) is 2.